The number of fused-ring (bicyclic) bond motifs is 1. The highest BCUT2D eigenvalue weighted by molar-refractivity contribution is 7.89. The molecule has 0 unspecified atom stereocenters. The number of nitrogens with one attached hydrogen (secondary N) is 1. The van der Waals surface area contributed by atoms with Gasteiger partial charge in [0, 0.05) is 25.1 Å². The van der Waals surface area contributed by atoms with Gasteiger partial charge in [-0.2, -0.15) is 4.31 Å². The second-order valence-corrected chi connectivity index (χ2v) is 11.6. The van der Waals surface area contributed by atoms with Crippen LogP contribution in [0.15, 0.2) is 47.4 Å². The van der Waals surface area contributed by atoms with Crippen molar-refractivity contribution >= 4 is 27.5 Å². The third-order valence-corrected chi connectivity index (χ3v) is 9.40. The summed E-state index contributed by atoms with van der Waals surface area (Å²) in [5.74, 6) is 0.382. The van der Waals surface area contributed by atoms with E-state index in [-0.39, 0.29) is 33.0 Å². The van der Waals surface area contributed by atoms with Crippen molar-refractivity contribution in [2.45, 2.75) is 75.3 Å². The molecule has 2 aromatic rings. The molecule has 34 heavy (non-hydrogen) atoms. The number of hydrogen-bond acceptors (Lipinski definition) is 4. The predicted octanol–water partition coefficient (Wildman–Crippen LogP) is 5.72. The summed E-state index contributed by atoms with van der Waals surface area (Å²) >= 11 is 6.39. The van der Waals surface area contributed by atoms with Gasteiger partial charge in [0.2, 0.25) is 10.0 Å². The topological polar surface area (TPSA) is 75.7 Å². The maximum absolute atomic E-state index is 13.4. The van der Waals surface area contributed by atoms with E-state index in [1.54, 1.807) is 0 Å². The zero-order chi connectivity index (χ0) is 24.3. The zero-order valence-corrected chi connectivity index (χ0v) is 21.4. The van der Waals surface area contributed by atoms with E-state index in [0.29, 0.717) is 19.5 Å². The number of halogens is 1. The number of nitrogens with zero attached hydrogens (tertiary/aromatic N) is 1. The van der Waals surface area contributed by atoms with Gasteiger partial charge >= 0.3 is 0 Å². The summed E-state index contributed by atoms with van der Waals surface area (Å²) in [6, 6.07) is 11.9. The number of ether oxygens (including phenoxy) is 1. The fraction of sp³-hybridized carbons (Fsp3) is 0.500. The summed E-state index contributed by atoms with van der Waals surface area (Å²) in [5, 5.41) is 3.34. The quantitative estimate of drug-likeness (QED) is 0.546. The van der Waals surface area contributed by atoms with Gasteiger partial charge in [-0.25, -0.2) is 8.42 Å². The van der Waals surface area contributed by atoms with Crippen molar-refractivity contribution in [3.05, 3.63) is 58.6 Å². The van der Waals surface area contributed by atoms with Crippen LogP contribution in [-0.2, 0) is 10.0 Å². The van der Waals surface area contributed by atoms with Crippen LogP contribution in [0.1, 0.15) is 80.8 Å². The Kier molecular flexibility index (Phi) is 7.55. The molecule has 1 atom stereocenters. The van der Waals surface area contributed by atoms with E-state index in [2.05, 4.69) is 19.2 Å². The van der Waals surface area contributed by atoms with Crippen molar-refractivity contribution in [1.29, 1.82) is 0 Å². The van der Waals surface area contributed by atoms with Gasteiger partial charge in [-0.15, -0.1) is 0 Å². The van der Waals surface area contributed by atoms with Crippen LogP contribution in [-0.4, -0.2) is 37.3 Å². The first-order valence-corrected chi connectivity index (χ1v) is 14.0. The minimum absolute atomic E-state index is 0.104. The molecule has 0 bridgehead atoms. The van der Waals surface area contributed by atoms with Crippen LogP contribution >= 0.6 is 11.6 Å². The number of hydrogen-bond donors (Lipinski definition) is 1. The molecule has 1 N–H and O–H groups in total. The molecule has 0 spiro atoms. The molecule has 2 heterocycles. The third-order valence-electron chi connectivity index (χ3n) is 7.18. The van der Waals surface area contributed by atoms with Crippen molar-refractivity contribution in [2.75, 3.05) is 13.1 Å². The lowest BCUT2D eigenvalue weighted by atomic mass is 9.83. The fourth-order valence-electron chi connectivity index (χ4n) is 4.94. The van der Waals surface area contributed by atoms with Crippen LogP contribution in [0.2, 0.25) is 5.02 Å². The number of amides is 1. The standard InChI is InChI=1S/C26H33ClN2O4S/c1-3-26(4-2)18-23(20-11-7-8-12-24(20)33-26)28-25(30)21-17-19(13-14-22(21)27)34(31,32)29-15-9-5-6-10-16-29/h7-8,11-14,17,23H,3-6,9-10,15-16,18H2,1-2H3,(H,28,30)/t23-/m1/s1. The Balaban J connectivity index is 1.62. The number of carbonyl (C=O) groups excluding carboxylic acids is 1. The summed E-state index contributed by atoms with van der Waals surface area (Å²) in [6.07, 6.45) is 6.02. The van der Waals surface area contributed by atoms with Crippen molar-refractivity contribution < 1.29 is 17.9 Å². The van der Waals surface area contributed by atoms with Gasteiger partial charge in [-0.3, -0.25) is 4.79 Å². The van der Waals surface area contributed by atoms with Crippen LogP contribution in [0.3, 0.4) is 0 Å². The maximum atomic E-state index is 13.4. The van der Waals surface area contributed by atoms with E-state index in [0.717, 1.165) is 49.8 Å². The SMILES string of the molecule is CCC1(CC)C[C@@H](NC(=O)c2cc(S(=O)(=O)N3CCCCCC3)ccc2Cl)c2ccccc2O1. The van der Waals surface area contributed by atoms with Gasteiger partial charge in [0.15, 0.2) is 0 Å². The molecule has 2 aliphatic heterocycles. The van der Waals surface area contributed by atoms with Crippen LogP contribution in [0.4, 0.5) is 0 Å². The number of rotatable bonds is 6. The molecule has 1 amide bonds. The number of benzene rings is 2. The monoisotopic (exact) mass is 504 g/mol. The van der Waals surface area contributed by atoms with Gasteiger partial charge in [-0.1, -0.05) is 56.5 Å². The average Bonchev–Trinajstić information content (AvgIpc) is 3.14. The lowest BCUT2D eigenvalue weighted by molar-refractivity contribution is 0.0227. The smallest absolute Gasteiger partial charge is 0.253 e. The summed E-state index contributed by atoms with van der Waals surface area (Å²) in [4.78, 5) is 13.5. The first-order chi connectivity index (χ1) is 16.3. The molecule has 0 radical (unpaired) electrons. The van der Waals surface area contributed by atoms with Crippen LogP contribution in [0.25, 0.3) is 0 Å². The molecule has 8 heteroatoms. The van der Waals surface area contributed by atoms with Gasteiger partial charge in [0.25, 0.3) is 5.91 Å². The van der Waals surface area contributed by atoms with E-state index in [1.807, 2.05) is 24.3 Å². The number of para-hydroxylation sites is 1. The fourth-order valence-corrected chi connectivity index (χ4v) is 6.68. The van der Waals surface area contributed by atoms with E-state index < -0.39 is 10.0 Å². The largest absolute Gasteiger partial charge is 0.487 e. The Hall–Kier alpha value is -2.09. The summed E-state index contributed by atoms with van der Waals surface area (Å²) in [6.45, 7) is 5.18. The predicted molar refractivity (Wildman–Crippen MR) is 134 cm³/mol. The lowest BCUT2D eigenvalue weighted by Gasteiger charge is -2.41. The van der Waals surface area contributed by atoms with Crippen LogP contribution < -0.4 is 10.1 Å². The van der Waals surface area contributed by atoms with Crippen molar-refractivity contribution in [3.63, 3.8) is 0 Å². The molecule has 2 aliphatic rings. The molecular formula is C26H33ClN2O4S. The molecule has 0 aromatic heterocycles. The van der Waals surface area contributed by atoms with Crippen LogP contribution in [0, 0.1) is 0 Å². The molecule has 1 fully saturated rings. The van der Waals surface area contributed by atoms with Gasteiger partial charge in [0.1, 0.15) is 11.4 Å². The van der Waals surface area contributed by atoms with E-state index in [1.165, 1.54) is 22.5 Å². The van der Waals surface area contributed by atoms with Gasteiger partial charge in [0.05, 0.1) is 21.5 Å². The Morgan fingerprint density at radius 2 is 1.76 bits per heavy atom. The van der Waals surface area contributed by atoms with Crippen molar-refractivity contribution in [3.8, 4) is 5.75 Å². The Morgan fingerprint density at radius 3 is 2.44 bits per heavy atom. The molecule has 4 rings (SSSR count). The Bertz CT molecular complexity index is 1140. The third kappa shape index (κ3) is 4.97. The second-order valence-electron chi connectivity index (χ2n) is 9.22. The van der Waals surface area contributed by atoms with Crippen LogP contribution in [0.5, 0.6) is 5.75 Å². The summed E-state index contributed by atoms with van der Waals surface area (Å²) < 4.78 is 34.4. The number of sulfonamides is 1. The Morgan fingerprint density at radius 1 is 1.09 bits per heavy atom. The number of carbonyl (C=O) groups is 1. The minimum atomic E-state index is -3.69. The second kappa shape index (κ2) is 10.3. The molecule has 6 nitrogen and oxygen atoms in total. The average molecular weight is 505 g/mol. The maximum Gasteiger partial charge on any atom is 0.253 e. The highest BCUT2D eigenvalue weighted by atomic mass is 35.5. The normalized spacial score (nSPS) is 20.6. The zero-order valence-electron chi connectivity index (χ0n) is 19.8. The first-order valence-electron chi connectivity index (χ1n) is 12.2. The van der Waals surface area contributed by atoms with Crippen molar-refractivity contribution in [2.24, 2.45) is 0 Å². The molecular weight excluding hydrogens is 472 g/mol. The van der Waals surface area contributed by atoms with Gasteiger partial charge < -0.3 is 10.1 Å². The molecule has 2 aromatic carbocycles. The van der Waals surface area contributed by atoms with E-state index in [4.69, 9.17) is 16.3 Å². The van der Waals surface area contributed by atoms with Crippen molar-refractivity contribution in [1.82, 2.24) is 9.62 Å². The van der Waals surface area contributed by atoms with Gasteiger partial charge in [-0.05, 0) is 49.9 Å². The highest BCUT2D eigenvalue weighted by Gasteiger charge is 2.39. The molecule has 0 saturated carbocycles. The van der Waals surface area contributed by atoms with E-state index in [9.17, 15) is 13.2 Å². The highest BCUT2D eigenvalue weighted by Crippen LogP contribution is 2.42. The molecule has 0 aliphatic carbocycles. The summed E-state index contributed by atoms with van der Waals surface area (Å²) in [5.41, 5.74) is 0.714. The first kappa shape index (κ1) is 25.0. The van der Waals surface area contributed by atoms with E-state index >= 15 is 0 Å². The molecule has 1 saturated heterocycles. The minimum Gasteiger partial charge on any atom is -0.487 e. The summed E-state index contributed by atoms with van der Waals surface area (Å²) in [7, 11) is -3.69. The Labute approximate surface area is 207 Å². The molecule has 184 valence electrons. The lowest BCUT2D eigenvalue weighted by Crippen LogP contribution is -2.44.